The summed E-state index contributed by atoms with van der Waals surface area (Å²) in [4.78, 5) is 188. The Morgan fingerprint density at radius 3 is 1.45 bits per heavy atom. The number of rotatable bonds is 17. The molecule has 94 heavy (non-hydrogen) atoms. The smallest absolute Gasteiger partial charge is 0.303 e. The summed E-state index contributed by atoms with van der Waals surface area (Å²) in [5.41, 5.74) is 0. The standard InChI is InChI=1S/C68H120N12O14/c1-26-28-29-43(13)57(94-48(18)81)56-61(85)71-49(27-2)64(88)73(19)47(17)63(87)78(24)55(44(14)37-80-30-32-93-33-31-80)60(84)72-53(41(9)10)67(91)74(20)50(34-38(3)4)59(83)69-45(15)58(82)70-46(16)62(86)75(21)51(35-39(5)6)65(89)76(22)52(36-40(7)8)66(90)77(23)54(42(11)12)68(92)79(56)25/h26,28,38-47,49-57H,27,29-37H2,1-25H3,(H,69,83)(H,70,82)(H,71,85)(H,72,84)/b28-26+/t43-,44-,45+,46-,47-,49+,50+,51+,52+,53+,54+,55+,56+,57-/m1/s1. The van der Waals surface area contributed by atoms with Crippen LogP contribution in [-0.4, -0.2) is 265 Å². The number of hydrogen-bond acceptors (Lipinski definition) is 15. The number of carbonyl (C=O) groups excluding carboxylic acids is 12. The zero-order valence-corrected chi connectivity index (χ0v) is 61.5. The van der Waals surface area contributed by atoms with Gasteiger partial charge in [-0.05, 0) is 101 Å². The molecule has 26 nitrogen and oxygen atoms in total. The molecule has 2 aliphatic heterocycles. The molecule has 0 radical (unpaired) electrons. The Morgan fingerprint density at radius 1 is 0.511 bits per heavy atom. The maximum atomic E-state index is 15.5. The first kappa shape index (κ1) is 83.4. The molecular weight excluding hydrogens is 1210 g/mol. The van der Waals surface area contributed by atoms with Crippen molar-refractivity contribution in [2.24, 2.45) is 41.4 Å². The molecule has 536 valence electrons. The lowest BCUT2D eigenvalue weighted by Crippen LogP contribution is -2.64. The van der Waals surface area contributed by atoms with Crippen LogP contribution in [0.5, 0.6) is 0 Å². The molecule has 0 bridgehead atoms. The Bertz CT molecular complexity index is 2630. The second kappa shape index (κ2) is 38.1. The normalized spacial score (nSPS) is 27.7. The third-order valence-electron chi connectivity index (χ3n) is 18.2. The average molecular weight is 1330 g/mol. The van der Waals surface area contributed by atoms with Gasteiger partial charge in [-0.3, -0.25) is 62.4 Å². The van der Waals surface area contributed by atoms with Gasteiger partial charge in [-0.2, -0.15) is 0 Å². The molecule has 0 aromatic carbocycles. The van der Waals surface area contributed by atoms with Crippen molar-refractivity contribution in [2.75, 3.05) is 82.2 Å². The summed E-state index contributed by atoms with van der Waals surface area (Å²) in [6.07, 6.45) is 2.95. The minimum Gasteiger partial charge on any atom is -0.459 e. The van der Waals surface area contributed by atoms with E-state index in [1.807, 2.05) is 54.5 Å². The summed E-state index contributed by atoms with van der Waals surface area (Å²) >= 11 is 0. The Hall–Kier alpha value is -6.70. The Labute approximate surface area is 561 Å². The molecule has 26 heteroatoms. The summed E-state index contributed by atoms with van der Waals surface area (Å²) in [7, 11) is 9.97. The molecule has 0 aromatic rings. The topological polar surface area (TPSA) is 297 Å². The highest BCUT2D eigenvalue weighted by Crippen LogP contribution is 2.27. The molecule has 14 atom stereocenters. The van der Waals surface area contributed by atoms with Crippen LogP contribution in [0.15, 0.2) is 12.2 Å². The van der Waals surface area contributed by atoms with Crippen molar-refractivity contribution in [1.29, 1.82) is 0 Å². The largest absolute Gasteiger partial charge is 0.459 e. The van der Waals surface area contributed by atoms with Crippen molar-refractivity contribution in [3.05, 3.63) is 12.2 Å². The van der Waals surface area contributed by atoms with Crippen molar-refractivity contribution >= 4 is 70.9 Å². The van der Waals surface area contributed by atoms with E-state index in [9.17, 15) is 28.8 Å². The zero-order chi connectivity index (χ0) is 72.2. The average Bonchev–Trinajstić information content (AvgIpc) is 0.807. The minimum atomic E-state index is -1.63. The predicted octanol–water partition coefficient (Wildman–Crippen LogP) is 3.15. The molecule has 0 saturated carbocycles. The predicted molar refractivity (Wildman–Crippen MR) is 360 cm³/mol. The van der Waals surface area contributed by atoms with E-state index in [0.717, 1.165) is 9.80 Å². The van der Waals surface area contributed by atoms with Crippen LogP contribution in [0.4, 0.5) is 0 Å². The lowest BCUT2D eigenvalue weighted by molar-refractivity contribution is -0.164. The van der Waals surface area contributed by atoms with Gasteiger partial charge >= 0.3 is 5.97 Å². The van der Waals surface area contributed by atoms with Crippen molar-refractivity contribution in [3.63, 3.8) is 0 Å². The molecular formula is C68H120N12O14. The van der Waals surface area contributed by atoms with Gasteiger partial charge in [0.2, 0.25) is 65.0 Å². The van der Waals surface area contributed by atoms with E-state index >= 15 is 28.8 Å². The van der Waals surface area contributed by atoms with Gasteiger partial charge in [-0.1, -0.05) is 102 Å². The van der Waals surface area contributed by atoms with Gasteiger partial charge in [0, 0.05) is 75.9 Å². The first-order valence-electron chi connectivity index (χ1n) is 33.8. The zero-order valence-electron chi connectivity index (χ0n) is 61.5. The second-order valence-corrected chi connectivity index (χ2v) is 28.2. The fourth-order valence-corrected chi connectivity index (χ4v) is 12.4. The number of allylic oxidation sites excluding steroid dienone is 2. The van der Waals surface area contributed by atoms with E-state index in [0.29, 0.717) is 32.8 Å². The van der Waals surface area contributed by atoms with Crippen molar-refractivity contribution in [1.82, 2.24) is 60.5 Å². The molecule has 11 amide bonds. The molecule has 2 saturated heterocycles. The third kappa shape index (κ3) is 22.7. The molecule has 2 rings (SSSR count). The van der Waals surface area contributed by atoms with Crippen LogP contribution in [0.25, 0.3) is 0 Å². The number of ether oxygens (including phenoxy) is 2. The Kier molecular flexibility index (Phi) is 33.8. The van der Waals surface area contributed by atoms with Gasteiger partial charge in [0.05, 0.1) is 13.2 Å². The first-order valence-corrected chi connectivity index (χ1v) is 33.8. The molecule has 0 aliphatic carbocycles. The first-order chi connectivity index (χ1) is 43.6. The number of likely N-dealkylation sites (N-methyl/N-ethyl adjacent to an activating group) is 7. The molecule has 0 aromatic heterocycles. The van der Waals surface area contributed by atoms with Crippen LogP contribution in [0, 0.1) is 41.4 Å². The van der Waals surface area contributed by atoms with Gasteiger partial charge in [-0.25, -0.2) is 0 Å². The van der Waals surface area contributed by atoms with Crippen molar-refractivity contribution in [2.45, 2.75) is 229 Å². The van der Waals surface area contributed by atoms with Gasteiger partial charge in [0.1, 0.15) is 72.6 Å². The van der Waals surface area contributed by atoms with Crippen LogP contribution in [-0.2, 0) is 67.0 Å². The Balaban J connectivity index is 3.12. The molecule has 0 unspecified atom stereocenters. The van der Waals surface area contributed by atoms with E-state index in [2.05, 4.69) is 26.2 Å². The van der Waals surface area contributed by atoms with Gasteiger partial charge in [0.15, 0.2) is 0 Å². The lowest BCUT2D eigenvalue weighted by Gasteiger charge is -2.42. The number of esters is 1. The van der Waals surface area contributed by atoms with Crippen LogP contribution in [0.1, 0.15) is 157 Å². The fourth-order valence-electron chi connectivity index (χ4n) is 12.4. The molecule has 0 spiro atoms. The summed E-state index contributed by atoms with van der Waals surface area (Å²) in [5, 5.41) is 11.2. The highest BCUT2D eigenvalue weighted by atomic mass is 16.5. The van der Waals surface area contributed by atoms with Gasteiger partial charge in [0.25, 0.3) is 0 Å². The maximum absolute atomic E-state index is 15.5. The van der Waals surface area contributed by atoms with Crippen molar-refractivity contribution in [3.8, 4) is 0 Å². The number of nitrogens with one attached hydrogen (secondary N) is 4. The van der Waals surface area contributed by atoms with E-state index in [1.54, 1.807) is 54.5 Å². The molecule has 2 heterocycles. The quantitative estimate of drug-likeness (QED) is 0.120. The highest BCUT2D eigenvalue weighted by molar-refractivity contribution is 6.00. The Morgan fingerprint density at radius 2 is 0.968 bits per heavy atom. The number of hydrogen-bond donors (Lipinski definition) is 4. The molecule has 4 N–H and O–H groups in total. The van der Waals surface area contributed by atoms with Crippen LogP contribution in [0.2, 0.25) is 0 Å². The second-order valence-electron chi connectivity index (χ2n) is 28.2. The molecule has 2 aliphatic rings. The third-order valence-corrected chi connectivity index (χ3v) is 18.2. The van der Waals surface area contributed by atoms with E-state index < -0.39 is 167 Å². The number of nitrogens with zero attached hydrogens (tertiary/aromatic N) is 8. The van der Waals surface area contributed by atoms with Gasteiger partial charge in [-0.15, -0.1) is 0 Å². The monoisotopic (exact) mass is 1330 g/mol. The van der Waals surface area contributed by atoms with Crippen LogP contribution < -0.4 is 21.3 Å². The lowest BCUT2D eigenvalue weighted by atomic mass is 9.91. The van der Waals surface area contributed by atoms with E-state index in [1.165, 1.54) is 102 Å². The fraction of sp³-hybridized carbons (Fsp3) is 0.794. The van der Waals surface area contributed by atoms with Crippen LogP contribution in [0.3, 0.4) is 0 Å². The van der Waals surface area contributed by atoms with E-state index in [4.69, 9.17) is 9.47 Å². The summed E-state index contributed by atoms with van der Waals surface area (Å²) in [6, 6.07) is -14.0. The molecule has 2 fully saturated rings. The number of amides is 11. The highest BCUT2D eigenvalue weighted by Gasteiger charge is 2.47. The minimum absolute atomic E-state index is 0.0207. The van der Waals surface area contributed by atoms with Gasteiger partial charge < -0.3 is 65.0 Å². The SMILES string of the molecule is C/C=C/C[C@@H](C)[C@@H](OC(C)=O)[C@H]1C(=O)N[C@@H](CC)C(=O)N(C)[C@H](C)C(=O)N(C)[C@@H]([C@H](C)CN2CCOCC2)C(=O)N[C@@H](C(C)C)C(=O)N(C)[C@@H](CC(C)C)C(=O)N[C@@H](C)C(=O)N[C@H](C)C(=O)N(C)[C@@H](CC(C)C)C(=O)N(C)[C@@H](CC(C)C)C(=O)N(C)[C@@H](C(C)C)C(=O)N1C. The maximum Gasteiger partial charge on any atom is 0.303 e. The summed E-state index contributed by atoms with van der Waals surface area (Å²) in [5.74, 6) is -11.3. The van der Waals surface area contributed by atoms with E-state index in [-0.39, 0.29) is 49.9 Å². The number of morpholine rings is 1. The van der Waals surface area contributed by atoms with Crippen molar-refractivity contribution < 1.29 is 67.0 Å². The summed E-state index contributed by atoms with van der Waals surface area (Å²) in [6.45, 7) is 33.0. The number of carbonyl (C=O) groups is 12. The summed E-state index contributed by atoms with van der Waals surface area (Å²) < 4.78 is 11.6. The van der Waals surface area contributed by atoms with Crippen LogP contribution >= 0.6 is 0 Å².